The maximum atomic E-state index is 5.96. The molecular formula is C18H23NO2. The number of nitrogens with one attached hydrogen (secondary N) is 1. The fraction of sp³-hybridized carbons (Fsp3) is 0.333. The van der Waals surface area contributed by atoms with Crippen LogP contribution < -0.4 is 14.8 Å². The topological polar surface area (TPSA) is 30.5 Å². The average Bonchev–Trinajstić information content (AvgIpc) is 2.48. The van der Waals surface area contributed by atoms with Crippen LogP contribution in [0.4, 0.5) is 0 Å². The van der Waals surface area contributed by atoms with Crippen LogP contribution in [0, 0.1) is 13.8 Å². The van der Waals surface area contributed by atoms with Crippen LogP contribution in [0.15, 0.2) is 36.4 Å². The predicted molar refractivity (Wildman–Crippen MR) is 86.0 cm³/mol. The molecule has 0 aliphatic heterocycles. The molecule has 2 aromatic carbocycles. The highest BCUT2D eigenvalue weighted by atomic mass is 16.5. The third-order valence-corrected chi connectivity index (χ3v) is 3.63. The van der Waals surface area contributed by atoms with E-state index in [9.17, 15) is 0 Å². The maximum Gasteiger partial charge on any atom is 0.161 e. The molecule has 0 heterocycles. The monoisotopic (exact) mass is 285 g/mol. The van der Waals surface area contributed by atoms with E-state index in [1.165, 1.54) is 22.3 Å². The highest BCUT2D eigenvalue weighted by Crippen LogP contribution is 2.29. The summed E-state index contributed by atoms with van der Waals surface area (Å²) in [6.45, 7) is 5.59. The number of benzene rings is 2. The largest absolute Gasteiger partial charge is 0.493 e. The van der Waals surface area contributed by atoms with Gasteiger partial charge in [-0.1, -0.05) is 24.3 Å². The lowest BCUT2D eigenvalue weighted by Gasteiger charge is -2.14. The Bertz CT molecular complexity index is 588. The van der Waals surface area contributed by atoms with Crippen LogP contribution in [0.25, 0.3) is 0 Å². The summed E-state index contributed by atoms with van der Waals surface area (Å²) in [5.74, 6) is 1.55. The van der Waals surface area contributed by atoms with Crippen molar-refractivity contribution in [1.82, 2.24) is 5.32 Å². The van der Waals surface area contributed by atoms with Crippen molar-refractivity contribution >= 4 is 0 Å². The smallest absolute Gasteiger partial charge is 0.161 e. The standard InChI is InChI=1S/C18H23NO2/c1-13-6-5-7-14(2)16(13)12-21-17-9-8-15(11-19-3)10-18(17)20-4/h5-10,19H,11-12H2,1-4H3. The lowest BCUT2D eigenvalue weighted by molar-refractivity contribution is 0.283. The summed E-state index contributed by atoms with van der Waals surface area (Å²) in [6, 6.07) is 12.3. The second-order valence-electron chi connectivity index (χ2n) is 5.17. The molecule has 21 heavy (non-hydrogen) atoms. The van der Waals surface area contributed by atoms with Gasteiger partial charge in [-0.2, -0.15) is 0 Å². The van der Waals surface area contributed by atoms with Gasteiger partial charge in [-0.15, -0.1) is 0 Å². The Balaban J connectivity index is 2.16. The normalized spacial score (nSPS) is 10.5. The molecular weight excluding hydrogens is 262 g/mol. The summed E-state index contributed by atoms with van der Waals surface area (Å²) in [5.41, 5.74) is 4.91. The second kappa shape index (κ2) is 7.14. The molecule has 2 rings (SSSR count). The van der Waals surface area contributed by atoms with Crippen LogP contribution in [0.2, 0.25) is 0 Å². The third kappa shape index (κ3) is 3.76. The first kappa shape index (κ1) is 15.4. The Labute approximate surface area is 126 Å². The van der Waals surface area contributed by atoms with E-state index in [1.807, 2.05) is 19.2 Å². The summed E-state index contributed by atoms with van der Waals surface area (Å²) < 4.78 is 11.4. The average molecular weight is 285 g/mol. The van der Waals surface area contributed by atoms with Crippen molar-refractivity contribution in [3.8, 4) is 11.5 Å². The van der Waals surface area contributed by atoms with Crippen molar-refractivity contribution in [1.29, 1.82) is 0 Å². The van der Waals surface area contributed by atoms with Gasteiger partial charge in [0.05, 0.1) is 7.11 Å². The van der Waals surface area contributed by atoms with Crippen LogP contribution in [-0.4, -0.2) is 14.2 Å². The van der Waals surface area contributed by atoms with Crippen molar-refractivity contribution in [2.75, 3.05) is 14.2 Å². The Morgan fingerprint density at radius 1 is 1.00 bits per heavy atom. The number of ether oxygens (including phenoxy) is 2. The van der Waals surface area contributed by atoms with Gasteiger partial charge >= 0.3 is 0 Å². The summed E-state index contributed by atoms with van der Waals surface area (Å²) >= 11 is 0. The quantitative estimate of drug-likeness (QED) is 0.879. The Hall–Kier alpha value is -2.00. The molecule has 0 bridgehead atoms. The molecule has 0 saturated carbocycles. The van der Waals surface area contributed by atoms with E-state index < -0.39 is 0 Å². The van der Waals surface area contributed by atoms with Crippen molar-refractivity contribution in [2.45, 2.75) is 27.0 Å². The zero-order valence-electron chi connectivity index (χ0n) is 13.2. The van der Waals surface area contributed by atoms with Crippen molar-refractivity contribution < 1.29 is 9.47 Å². The summed E-state index contributed by atoms with van der Waals surface area (Å²) in [7, 11) is 3.60. The number of rotatable bonds is 6. The second-order valence-corrected chi connectivity index (χ2v) is 5.17. The first-order chi connectivity index (χ1) is 10.2. The number of hydrogen-bond acceptors (Lipinski definition) is 3. The zero-order valence-corrected chi connectivity index (χ0v) is 13.2. The minimum Gasteiger partial charge on any atom is -0.493 e. The van der Waals surface area contributed by atoms with Crippen molar-refractivity contribution in [3.63, 3.8) is 0 Å². The third-order valence-electron chi connectivity index (χ3n) is 3.63. The highest BCUT2D eigenvalue weighted by molar-refractivity contribution is 5.43. The lowest BCUT2D eigenvalue weighted by atomic mass is 10.0. The number of methoxy groups -OCH3 is 1. The summed E-state index contributed by atoms with van der Waals surface area (Å²) in [4.78, 5) is 0. The van der Waals surface area contributed by atoms with E-state index in [-0.39, 0.29) is 0 Å². The van der Waals surface area contributed by atoms with E-state index in [1.54, 1.807) is 7.11 Å². The molecule has 0 fully saturated rings. The van der Waals surface area contributed by atoms with Gasteiger partial charge in [0.2, 0.25) is 0 Å². The van der Waals surface area contributed by atoms with E-state index >= 15 is 0 Å². The van der Waals surface area contributed by atoms with Gasteiger partial charge in [0.1, 0.15) is 6.61 Å². The predicted octanol–water partition coefficient (Wildman–Crippen LogP) is 3.61. The molecule has 3 heteroatoms. The molecule has 0 radical (unpaired) electrons. The van der Waals surface area contributed by atoms with E-state index in [0.717, 1.165) is 18.0 Å². The molecule has 1 N–H and O–H groups in total. The van der Waals surface area contributed by atoms with Crippen LogP contribution in [-0.2, 0) is 13.2 Å². The first-order valence-electron chi connectivity index (χ1n) is 7.15. The van der Waals surface area contributed by atoms with E-state index in [0.29, 0.717) is 6.61 Å². The molecule has 0 aliphatic rings. The van der Waals surface area contributed by atoms with Crippen LogP contribution >= 0.6 is 0 Å². The van der Waals surface area contributed by atoms with Gasteiger partial charge in [-0.05, 0) is 55.3 Å². The maximum absolute atomic E-state index is 5.96. The molecule has 0 aliphatic carbocycles. The van der Waals surface area contributed by atoms with Crippen LogP contribution in [0.5, 0.6) is 11.5 Å². The zero-order chi connectivity index (χ0) is 15.2. The van der Waals surface area contributed by atoms with Crippen LogP contribution in [0.1, 0.15) is 22.3 Å². The van der Waals surface area contributed by atoms with Gasteiger partial charge in [0.15, 0.2) is 11.5 Å². The molecule has 0 atom stereocenters. The Kier molecular flexibility index (Phi) is 5.23. The van der Waals surface area contributed by atoms with Gasteiger partial charge < -0.3 is 14.8 Å². The lowest BCUT2D eigenvalue weighted by Crippen LogP contribution is -2.06. The number of aryl methyl sites for hydroxylation is 2. The van der Waals surface area contributed by atoms with Gasteiger partial charge in [0, 0.05) is 6.54 Å². The fourth-order valence-corrected chi connectivity index (χ4v) is 2.37. The van der Waals surface area contributed by atoms with Gasteiger partial charge in [-0.25, -0.2) is 0 Å². The molecule has 2 aromatic rings. The van der Waals surface area contributed by atoms with Gasteiger partial charge in [-0.3, -0.25) is 0 Å². The molecule has 0 saturated heterocycles. The Morgan fingerprint density at radius 2 is 1.71 bits per heavy atom. The summed E-state index contributed by atoms with van der Waals surface area (Å²) in [6.07, 6.45) is 0. The number of hydrogen-bond donors (Lipinski definition) is 1. The summed E-state index contributed by atoms with van der Waals surface area (Å²) in [5, 5.41) is 3.13. The minimum atomic E-state index is 0.556. The molecule has 0 unspecified atom stereocenters. The van der Waals surface area contributed by atoms with E-state index in [2.05, 4.69) is 43.4 Å². The molecule has 0 aromatic heterocycles. The first-order valence-corrected chi connectivity index (χ1v) is 7.15. The van der Waals surface area contributed by atoms with Gasteiger partial charge in [0.25, 0.3) is 0 Å². The molecule has 0 spiro atoms. The molecule has 0 amide bonds. The molecule has 112 valence electrons. The fourth-order valence-electron chi connectivity index (χ4n) is 2.37. The highest BCUT2D eigenvalue weighted by Gasteiger charge is 2.08. The molecule has 3 nitrogen and oxygen atoms in total. The van der Waals surface area contributed by atoms with E-state index in [4.69, 9.17) is 9.47 Å². The SMILES string of the molecule is CNCc1ccc(OCc2c(C)cccc2C)c(OC)c1. The van der Waals surface area contributed by atoms with Crippen LogP contribution in [0.3, 0.4) is 0 Å². The minimum absolute atomic E-state index is 0.556. The van der Waals surface area contributed by atoms with Crippen molar-refractivity contribution in [2.24, 2.45) is 0 Å². The Morgan fingerprint density at radius 3 is 2.33 bits per heavy atom. The van der Waals surface area contributed by atoms with Crippen molar-refractivity contribution in [3.05, 3.63) is 58.7 Å².